The lowest BCUT2D eigenvalue weighted by Crippen LogP contribution is -2.38. The van der Waals surface area contributed by atoms with Crippen LogP contribution in [0.4, 0.5) is 27.7 Å². The van der Waals surface area contributed by atoms with E-state index in [1.807, 2.05) is 0 Å². The first-order chi connectivity index (χ1) is 20.5. The van der Waals surface area contributed by atoms with Gasteiger partial charge in [-0.05, 0) is 24.3 Å². The number of anilines is 4. The van der Waals surface area contributed by atoms with Crippen molar-refractivity contribution < 1.29 is 28.5 Å². The molecule has 0 spiro atoms. The summed E-state index contributed by atoms with van der Waals surface area (Å²) in [5, 5.41) is 6.59. The molecule has 2 aromatic heterocycles. The molecule has 0 radical (unpaired) electrons. The number of hydrogen-bond acceptors (Lipinski definition) is 10. The molecule has 4 aromatic rings. The molecule has 6 rings (SSSR count). The summed E-state index contributed by atoms with van der Waals surface area (Å²) in [5.74, 6) is 1.47. The number of thiophene rings is 1. The molecule has 0 saturated carbocycles. The predicted octanol–water partition coefficient (Wildman–Crippen LogP) is 5.01. The number of hydrogen-bond donors (Lipinski definition) is 2. The highest BCUT2D eigenvalue weighted by atomic mass is 35.5. The van der Waals surface area contributed by atoms with Crippen LogP contribution in [0.25, 0.3) is 10.2 Å². The number of aromatic nitrogens is 2. The van der Waals surface area contributed by atoms with Gasteiger partial charge in [-0.25, -0.2) is 19.7 Å². The molecule has 2 N–H and O–H groups in total. The second-order valence-electron chi connectivity index (χ2n) is 9.39. The van der Waals surface area contributed by atoms with Crippen molar-refractivity contribution in [2.24, 2.45) is 0 Å². The van der Waals surface area contributed by atoms with E-state index < -0.39 is 11.9 Å². The fourth-order valence-electron chi connectivity index (χ4n) is 4.80. The van der Waals surface area contributed by atoms with Crippen LogP contribution in [-0.4, -0.2) is 80.5 Å². The van der Waals surface area contributed by atoms with Gasteiger partial charge in [-0.1, -0.05) is 11.6 Å². The molecule has 2 aliphatic heterocycles. The normalized spacial score (nSPS) is 14.9. The molecule has 14 heteroatoms. The number of carbonyl (C=O) groups is 2. The van der Waals surface area contributed by atoms with Gasteiger partial charge in [-0.3, -0.25) is 9.69 Å². The molecule has 2 aromatic carbocycles. The van der Waals surface area contributed by atoms with Crippen LogP contribution >= 0.6 is 22.9 Å². The van der Waals surface area contributed by atoms with Crippen LogP contribution in [0.2, 0.25) is 5.02 Å². The van der Waals surface area contributed by atoms with E-state index >= 15 is 0 Å². The fourth-order valence-corrected chi connectivity index (χ4v) is 5.99. The lowest BCUT2D eigenvalue weighted by molar-refractivity contribution is 0.0321. The van der Waals surface area contributed by atoms with Crippen molar-refractivity contribution >= 4 is 68.0 Å². The zero-order valence-electron chi connectivity index (χ0n) is 22.8. The highest BCUT2D eigenvalue weighted by Crippen LogP contribution is 2.46. The number of nitrogens with zero attached hydrogens (tertiary/aromatic N) is 4. The Labute approximate surface area is 250 Å². The third kappa shape index (κ3) is 5.39. The van der Waals surface area contributed by atoms with Crippen molar-refractivity contribution in [3.8, 4) is 17.2 Å². The Bertz CT molecular complexity index is 1660. The summed E-state index contributed by atoms with van der Waals surface area (Å²) in [6, 6.07) is 9.63. The minimum Gasteiger partial charge on any atom is -0.497 e. The summed E-state index contributed by atoms with van der Waals surface area (Å²) in [6.07, 6.45) is 1.35. The molecule has 12 nitrogen and oxygen atoms in total. The van der Waals surface area contributed by atoms with Crippen LogP contribution in [0.1, 0.15) is 9.67 Å². The van der Waals surface area contributed by atoms with Crippen LogP contribution in [-0.2, 0) is 4.74 Å². The van der Waals surface area contributed by atoms with Gasteiger partial charge in [-0.15, -0.1) is 11.3 Å². The van der Waals surface area contributed by atoms with Crippen LogP contribution in [0, 0.1) is 0 Å². The lowest BCUT2D eigenvalue weighted by Gasteiger charge is -2.28. The van der Waals surface area contributed by atoms with Gasteiger partial charge in [0.15, 0.2) is 17.3 Å². The first kappa shape index (κ1) is 28.0. The predicted molar refractivity (Wildman–Crippen MR) is 160 cm³/mol. The van der Waals surface area contributed by atoms with E-state index in [4.69, 9.17) is 30.5 Å². The van der Waals surface area contributed by atoms with Crippen LogP contribution < -0.4 is 29.7 Å². The number of halogens is 1. The maximum atomic E-state index is 13.5. The molecule has 0 aliphatic carbocycles. The van der Waals surface area contributed by atoms with Gasteiger partial charge in [0.2, 0.25) is 0 Å². The van der Waals surface area contributed by atoms with E-state index in [0.717, 1.165) is 44.2 Å². The van der Waals surface area contributed by atoms with E-state index in [1.165, 1.54) is 18.3 Å². The fraction of sp³-hybridized carbons (Fsp3) is 0.286. The molecule has 2 aliphatic rings. The van der Waals surface area contributed by atoms with Crippen molar-refractivity contribution in [3.05, 3.63) is 52.6 Å². The van der Waals surface area contributed by atoms with Crippen LogP contribution in [0.3, 0.4) is 0 Å². The number of morpholine rings is 1. The number of amides is 3. The summed E-state index contributed by atoms with van der Waals surface area (Å²) in [4.78, 5) is 40.0. The number of ether oxygens (including phenoxy) is 4. The number of urea groups is 1. The van der Waals surface area contributed by atoms with Crippen LogP contribution in [0.5, 0.6) is 17.2 Å². The van der Waals surface area contributed by atoms with Gasteiger partial charge in [0.25, 0.3) is 5.91 Å². The Morgan fingerprint density at radius 2 is 1.95 bits per heavy atom. The van der Waals surface area contributed by atoms with Crippen molar-refractivity contribution in [3.63, 3.8) is 0 Å². The van der Waals surface area contributed by atoms with Crippen molar-refractivity contribution in [1.29, 1.82) is 0 Å². The molecule has 1 fully saturated rings. The second-order valence-corrected chi connectivity index (χ2v) is 10.8. The maximum absolute atomic E-state index is 13.5. The third-order valence-electron chi connectivity index (χ3n) is 6.91. The summed E-state index contributed by atoms with van der Waals surface area (Å²) in [6.45, 7) is 4.49. The van der Waals surface area contributed by atoms with Crippen molar-refractivity contribution in [1.82, 2.24) is 14.9 Å². The van der Waals surface area contributed by atoms with E-state index in [0.29, 0.717) is 62.0 Å². The summed E-state index contributed by atoms with van der Waals surface area (Å²) in [7, 11) is 3.07. The number of nitrogens with one attached hydrogen (secondary N) is 2. The molecule has 42 heavy (non-hydrogen) atoms. The summed E-state index contributed by atoms with van der Waals surface area (Å²) >= 11 is 7.60. The van der Waals surface area contributed by atoms with Gasteiger partial charge >= 0.3 is 6.03 Å². The van der Waals surface area contributed by atoms with Gasteiger partial charge in [-0.2, -0.15) is 0 Å². The SMILES string of the molecule is COc1ccc(Cl)c(N2C(=O)Nc3c(C(=O)Nc4ccc(OCCN5CCOCC5)c(OC)c4)sc4ncnc2c34)c1. The first-order valence-electron chi connectivity index (χ1n) is 13.1. The number of benzene rings is 2. The van der Waals surface area contributed by atoms with Crippen LogP contribution in [0.15, 0.2) is 42.7 Å². The largest absolute Gasteiger partial charge is 0.497 e. The zero-order chi connectivity index (χ0) is 29.2. The average molecular weight is 611 g/mol. The number of methoxy groups -OCH3 is 2. The highest BCUT2D eigenvalue weighted by Gasteiger charge is 2.35. The van der Waals surface area contributed by atoms with Gasteiger partial charge in [0.1, 0.15) is 28.4 Å². The van der Waals surface area contributed by atoms with Gasteiger partial charge in [0.05, 0.1) is 49.2 Å². The number of rotatable bonds is 9. The Morgan fingerprint density at radius 3 is 2.74 bits per heavy atom. The molecular formula is C28H27ClN6O6S. The monoisotopic (exact) mass is 610 g/mol. The first-order valence-corrected chi connectivity index (χ1v) is 14.3. The topological polar surface area (TPSA) is 127 Å². The Kier molecular flexibility index (Phi) is 7.98. The van der Waals surface area contributed by atoms with Gasteiger partial charge in [0, 0.05) is 37.5 Å². The Morgan fingerprint density at radius 1 is 1.12 bits per heavy atom. The summed E-state index contributed by atoms with van der Waals surface area (Å²) < 4.78 is 22.2. The van der Waals surface area contributed by atoms with Crippen molar-refractivity contribution in [2.75, 3.05) is 69.2 Å². The van der Waals surface area contributed by atoms with Crippen molar-refractivity contribution in [2.45, 2.75) is 0 Å². The molecule has 0 unspecified atom stereocenters. The molecular weight excluding hydrogens is 584 g/mol. The summed E-state index contributed by atoms with van der Waals surface area (Å²) in [5.41, 5.74) is 1.22. The maximum Gasteiger partial charge on any atom is 0.332 e. The Balaban J connectivity index is 1.24. The zero-order valence-corrected chi connectivity index (χ0v) is 24.4. The van der Waals surface area contributed by atoms with Gasteiger partial charge < -0.3 is 29.6 Å². The van der Waals surface area contributed by atoms with E-state index in [9.17, 15) is 9.59 Å². The smallest absolute Gasteiger partial charge is 0.332 e. The third-order valence-corrected chi connectivity index (χ3v) is 8.32. The molecule has 0 atom stereocenters. The lowest BCUT2D eigenvalue weighted by atomic mass is 10.2. The molecule has 218 valence electrons. The standard InChI is InChI=1S/C28H27ClN6O6S/c1-38-17-4-5-18(29)19(14-17)35-25-22-23(33-28(35)37)24(42-27(22)31-15-30-25)26(36)32-16-3-6-20(21(13-16)39-2)41-12-9-34-7-10-40-11-8-34/h3-6,13-15H,7-12H2,1-2H3,(H,32,36)(H,33,37). The molecule has 3 amide bonds. The second kappa shape index (κ2) is 12.0. The average Bonchev–Trinajstić information content (AvgIpc) is 3.38. The minimum absolute atomic E-state index is 0.279. The Hall–Kier alpha value is -4.17. The van der Waals surface area contributed by atoms with E-state index in [2.05, 4.69) is 25.5 Å². The molecule has 1 saturated heterocycles. The molecule has 4 heterocycles. The molecule has 0 bridgehead atoms. The van der Waals surface area contributed by atoms with E-state index in [1.54, 1.807) is 43.5 Å². The minimum atomic E-state index is -0.523. The quantitative estimate of drug-likeness (QED) is 0.269. The van der Waals surface area contributed by atoms with E-state index in [-0.39, 0.29) is 4.88 Å². The highest BCUT2D eigenvalue weighted by molar-refractivity contribution is 7.21. The number of carbonyl (C=O) groups excluding carboxylic acids is 2.